The van der Waals surface area contributed by atoms with E-state index < -0.39 is 0 Å². The molecule has 1 heterocycles. The summed E-state index contributed by atoms with van der Waals surface area (Å²) in [6.07, 6.45) is 0. The van der Waals surface area contributed by atoms with Crippen LogP contribution < -0.4 is 5.32 Å². The first-order chi connectivity index (χ1) is 8.22. The third-order valence-corrected chi connectivity index (χ3v) is 4.61. The molecule has 0 fully saturated rings. The van der Waals surface area contributed by atoms with Gasteiger partial charge in [0.2, 0.25) is 0 Å². The predicted octanol–water partition coefficient (Wildman–Crippen LogP) is 4.94. The molecule has 0 saturated carbocycles. The molecule has 0 radical (unpaired) electrons. The number of rotatable bonds is 4. The minimum absolute atomic E-state index is 0.778. The van der Waals surface area contributed by atoms with Crippen molar-refractivity contribution in [3.8, 4) is 10.4 Å². The van der Waals surface area contributed by atoms with Gasteiger partial charge in [0.1, 0.15) is 0 Å². The molecule has 2 aromatic rings. The molecule has 0 saturated heterocycles. The second-order valence-electron chi connectivity index (χ2n) is 3.68. The summed E-state index contributed by atoms with van der Waals surface area (Å²) in [7, 11) is 0. The molecule has 1 aromatic heterocycles. The molecule has 1 N–H and O–H groups in total. The second kappa shape index (κ2) is 6.01. The van der Waals surface area contributed by atoms with E-state index in [-0.39, 0.29) is 0 Å². The Bertz CT molecular complexity index is 510. The Labute approximate surface area is 119 Å². The molecule has 0 aliphatic carbocycles. The topological polar surface area (TPSA) is 12.0 Å². The summed E-state index contributed by atoms with van der Waals surface area (Å²) in [5, 5.41) is 6.21. The zero-order chi connectivity index (χ0) is 12.3. The first-order valence-electron chi connectivity index (χ1n) is 5.45. The summed E-state index contributed by atoms with van der Waals surface area (Å²) < 4.78 is 1.13. The highest BCUT2D eigenvalue weighted by molar-refractivity contribution is 9.10. The van der Waals surface area contributed by atoms with Crippen molar-refractivity contribution in [1.29, 1.82) is 0 Å². The molecule has 4 heteroatoms. The molecule has 0 unspecified atom stereocenters. The van der Waals surface area contributed by atoms with Gasteiger partial charge in [0, 0.05) is 20.9 Å². The second-order valence-corrected chi connectivity index (χ2v) is 5.89. The quantitative estimate of drug-likeness (QED) is 0.837. The van der Waals surface area contributed by atoms with Crippen LogP contribution in [0.5, 0.6) is 0 Å². The molecule has 0 spiro atoms. The average molecular weight is 331 g/mol. The van der Waals surface area contributed by atoms with Crippen LogP contribution in [0.2, 0.25) is 5.02 Å². The van der Waals surface area contributed by atoms with E-state index in [2.05, 4.69) is 45.7 Å². The molecule has 0 atom stereocenters. The van der Waals surface area contributed by atoms with Crippen molar-refractivity contribution in [2.24, 2.45) is 0 Å². The zero-order valence-corrected chi connectivity index (χ0v) is 12.6. The van der Waals surface area contributed by atoms with Crippen LogP contribution in [-0.4, -0.2) is 6.54 Å². The summed E-state index contributed by atoms with van der Waals surface area (Å²) in [5.41, 5.74) is 2.49. The zero-order valence-electron chi connectivity index (χ0n) is 9.47. The fourth-order valence-electron chi connectivity index (χ4n) is 1.66. The van der Waals surface area contributed by atoms with E-state index in [9.17, 15) is 0 Å². The lowest BCUT2D eigenvalue weighted by Crippen LogP contribution is -2.12. The van der Waals surface area contributed by atoms with Gasteiger partial charge in [-0.05, 0) is 57.2 Å². The van der Waals surface area contributed by atoms with Crippen LogP contribution in [0.1, 0.15) is 12.5 Å². The Morgan fingerprint density at radius 3 is 2.82 bits per heavy atom. The predicted molar refractivity (Wildman–Crippen MR) is 79.8 cm³/mol. The van der Waals surface area contributed by atoms with Crippen LogP contribution in [0.15, 0.2) is 34.1 Å². The molecule has 1 aromatic carbocycles. The van der Waals surface area contributed by atoms with Gasteiger partial charge in [0.25, 0.3) is 0 Å². The molecule has 0 aliphatic heterocycles. The highest BCUT2D eigenvalue weighted by atomic mass is 79.9. The maximum Gasteiger partial charge on any atom is 0.0488 e. The van der Waals surface area contributed by atoms with E-state index in [1.165, 1.54) is 16.0 Å². The summed E-state index contributed by atoms with van der Waals surface area (Å²) in [4.78, 5) is 1.24. The number of halogens is 2. The Kier molecular flexibility index (Phi) is 4.62. The molecular weight excluding hydrogens is 318 g/mol. The lowest BCUT2D eigenvalue weighted by molar-refractivity contribution is 0.728. The Morgan fingerprint density at radius 1 is 1.35 bits per heavy atom. The number of nitrogens with one attached hydrogen (secondary N) is 1. The third-order valence-electron chi connectivity index (χ3n) is 2.50. The number of hydrogen-bond donors (Lipinski definition) is 1. The van der Waals surface area contributed by atoms with Gasteiger partial charge in [-0.1, -0.05) is 24.6 Å². The minimum atomic E-state index is 0.778. The van der Waals surface area contributed by atoms with Gasteiger partial charge in [0.15, 0.2) is 0 Å². The molecule has 0 bridgehead atoms. The Hall–Kier alpha value is -0.350. The molecular formula is C13H13BrClNS. The van der Waals surface area contributed by atoms with Gasteiger partial charge >= 0.3 is 0 Å². The number of hydrogen-bond acceptors (Lipinski definition) is 2. The van der Waals surface area contributed by atoms with Crippen molar-refractivity contribution >= 4 is 38.9 Å². The Balaban J connectivity index is 2.43. The molecule has 17 heavy (non-hydrogen) atoms. The molecule has 2 rings (SSSR count). The van der Waals surface area contributed by atoms with Crippen LogP contribution in [0, 0.1) is 0 Å². The third kappa shape index (κ3) is 3.10. The van der Waals surface area contributed by atoms with Crippen LogP contribution in [0.4, 0.5) is 0 Å². The van der Waals surface area contributed by atoms with E-state index in [4.69, 9.17) is 11.6 Å². The van der Waals surface area contributed by atoms with Crippen LogP contribution >= 0.6 is 38.9 Å². The fourth-order valence-corrected chi connectivity index (χ4v) is 3.47. The smallest absolute Gasteiger partial charge is 0.0488 e. The van der Waals surface area contributed by atoms with E-state index in [1.54, 1.807) is 11.3 Å². The average Bonchev–Trinajstić information content (AvgIpc) is 2.74. The summed E-state index contributed by atoms with van der Waals surface area (Å²) in [6.45, 7) is 3.94. The number of thiophene rings is 1. The molecule has 0 aliphatic rings. The van der Waals surface area contributed by atoms with Crippen LogP contribution in [-0.2, 0) is 6.54 Å². The molecule has 90 valence electrons. The highest BCUT2D eigenvalue weighted by Crippen LogP contribution is 2.36. The van der Waals surface area contributed by atoms with Gasteiger partial charge in [-0.25, -0.2) is 0 Å². The lowest BCUT2D eigenvalue weighted by Gasteiger charge is -2.10. The van der Waals surface area contributed by atoms with Crippen LogP contribution in [0.25, 0.3) is 10.4 Å². The van der Waals surface area contributed by atoms with Crippen molar-refractivity contribution in [1.82, 2.24) is 5.32 Å². The minimum Gasteiger partial charge on any atom is -0.313 e. The van der Waals surface area contributed by atoms with Gasteiger partial charge in [-0.2, -0.15) is 0 Å². The van der Waals surface area contributed by atoms with E-state index in [0.29, 0.717) is 0 Å². The lowest BCUT2D eigenvalue weighted by atomic mass is 10.1. The first kappa shape index (κ1) is 13.1. The largest absolute Gasteiger partial charge is 0.313 e. The molecule has 0 amide bonds. The van der Waals surface area contributed by atoms with Crippen molar-refractivity contribution < 1.29 is 0 Å². The monoisotopic (exact) mass is 329 g/mol. The van der Waals surface area contributed by atoms with Gasteiger partial charge in [0.05, 0.1) is 0 Å². The van der Waals surface area contributed by atoms with Gasteiger partial charge in [-0.3, -0.25) is 0 Å². The highest BCUT2D eigenvalue weighted by Gasteiger charge is 2.10. The Morgan fingerprint density at radius 2 is 2.18 bits per heavy atom. The van der Waals surface area contributed by atoms with Crippen molar-refractivity contribution in [3.63, 3.8) is 0 Å². The van der Waals surface area contributed by atoms with Gasteiger partial charge in [-0.15, -0.1) is 11.3 Å². The van der Waals surface area contributed by atoms with Crippen LogP contribution in [0.3, 0.4) is 0 Å². The molecule has 1 nitrogen and oxygen atoms in total. The summed E-state index contributed by atoms with van der Waals surface area (Å²) >= 11 is 11.4. The SMILES string of the molecule is CCNCc1ccc(Cl)cc1-c1sccc1Br. The summed E-state index contributed by atoms with van der Waals surface area (Å²) in [6, 6.07) is 8.13. The van der Waals surface area contributed by atoms with Crippen molar-refractivity contribution in [2.45, 2.75) is 13.5 Å². The maximum atomic E-state index is 6.09. The van der Waals surface area contributed by atoms with E-state index >= 15 is 0 Å². The van der Waals surface area contributed by atoms with Crippen molar-refractivity contribution in [3.05, 3.63) is 44.7 Å². The summed E-state index contributed by atoms with van der Waals surface area (Å²) in [5.74, 6) is 0. The fraction of sp³-hybridized carbons (Fsp3) is 0.231. The standard InChI is InChI=1S/C13H13BrClNS/c1-2-16-8-9-3-4-10(15)7-11(9)13-12(14)5-6-17-13/h3-7,16H,2,8H2,1H3. The normalized spacial score (nSPS) is 10.8. The first-order valence-corrected chi connectivity index (χ1v) is 7.50. The van der Waals surface area contributed by atoms with Crippen molar-refractivity contribution in [2.75, 3.05) is 6.54 Å². The van der Waals surface area contributed by atoms with Gasteiger partial charge < -0.3 is 5.32 Å². The number of benzene rings is 1. The maximum absolute atomic E-state index is 6.09. The van der Waals surface area contributed by atoms with E-state index in [0.717, 1.165) is 22.6 Å². The van der Waals surface area contributed by atoms with E-state index in [1.807, 2.05) is 12.1 Å².